The van der Waals surface area contributed by atoms with Crippen molar-refractivity contribution in [1.82, 2.24) is 4.90 Å². The maximum atomic E-state index is 9.31. The number of hydrogen-bond donors (Lipinski definition) is 1. The molecule has 1 aliphatic rings. The van der Waals surface area contributed by atoms with Crippen LogP contribution < -0.4 is 5.73 Å². The molecule has 0 aliphatic heterocycles. The highest BCUT2D eigenvalue weighted by Gasteiger charge is 2.31. The summed E-state index contributed by atoms with van der Waals surface area (Å²) in [4.78, 5) is 2.31. The van der Waals surface area contributed by atoms with E-state index in [1.807, 2.05) is 30.3 Å². The summed E-state index contributed by atoms with van der Waals surface area (Å²) in [6.07, 6.45) is 3.25. The number of rotatable bonds is 5. The van der Waals surface area contributed by atoms with Crippen molar-refractivity contribution in [3.63, 3.8) is 0 Å². The predicted molar refractivity (Wildman–Crippen MR) is 68.2 cm³/mol. The Morgan fingerprint density at radius 3 is 2.59 bits per heavy atom. The van der Waals surface area contributed by atoms with Gasteiger partial charge in [0.2, 0.25) is 0 Å². The van der Waals surface area contributed by atoms with Gasteiger partial charge in [0.25, 0.3) is 0 Å². The first kappa shape index (κ1) is 12.1. The van der Waals surface area contributed by atoms with E-state index in [0.29, 0.717) is 12.5 Å². The number of nitriles is 1. The molecule has 1 aromatic rings. The quantitative estimate of drug-likeness (QED) is 0.838. The van der Waals surface area contributed by atoms with Gasteiger partial charge in [-0.2, -0.15) is 5.26 Å². The molecule has 3 heteroatoms. The topological polar surface area (TPSA) is 53.0 Å². The minimum absolute atomic E-state index is 0.681. The molecule has 0 spiro atoms. The van der Waals surface area contributed by atoms with Gasteiger partial charge in [0.15, 0.2) is 0 Å². The third-order valence-corrected chi connectivity index (χ3v) is 3.52. The Morgan fingerprint density at radius 1 is 1.41 bits per heavy atom. The summed E-state index contributed by atoms with van der Waals surface area (Å²) in [5.41, 5.74) is 6.25. The second-order valence-electron chi connectivity index (χ2n) is 4.91. The van der Waals surface area contributed by atoms with Gasteiger partial charge < -0.3 is 10.6 Å². The van der Waals surface area contributed by atoms with Crippen LogP contribution in [0, 0.1) is 11.3 Å². The zero-order chi connectivity index (χ0) is 12.3. The van der Waals surface area contributed by atoms with Gasteiger partial charge in [0.05, 0.1) is 6.07 Å². The standard InChI is InChI=1S/C14H19N3/c1-17(13-7-8-13)10-9-14(16,11-15)12-5-3-2-4-6-12/h2-6,13H,7-10,16H2,1H3. The van der Waals surface area contributed by atoms with E-state index >= 15 is 0 Å². The Hall–Kier alpha value is -1.37. The molecule has 0 aromatic heterocycles. The average Bonchev–Trinajstić information content (AvgIpc) is 3.21. The molecule has 1 aromatic carbocycles. The monoisotopic (exact) mass is 229 g/mol. The van der Waals surface area contributed by atoms with Crippen molar-refractivity contribution in [3.05, 3.63) is 35.9 Å². The molecular formula is C14H19N3. The fourth-order valence-corrected chi connectivity index (χ4v) is 2.05. The van der Waals surface area contributed by atoms with Crippen LogP contribution in [0.1, 0.15) is 24.8 Å². The number of hydrogen-bond acceptors (Lipinski definition) is 3. The molecule has 1 unspecified atom stereocenters. The van der Waals surface area contributed by atoms with Gasteiger partial charge in [0.1, 0.15) is 5.54 Å². The Balaban J connectivity index is 2.02. The molecular weight excluding hydrogens is 210 g/mol. The molecule has 17 heavy (non-hydrogen) atoms. The van der Waals surface area contributed by atoms with Gasteiger partial charge in [-0.1, -0.05) is 30.3 Å². The highest BCUT2D eigenvalue weighted by molar-refractivity contribution is 5.30. The average molecular weight is 229 g/mol. The third-order valence-electron chi connectivity index (χ3n) is 3.52. The van der Waals surface area contributed by atoms with Gasteiger partial charge in [0, 0.05) is 12.6 Å². The zero-order valence-electron chi connectivity index (χ0n) is 10.3. The summed E-state index contributed by atoms with van der Waals surface area (Å²) in [7, 11) is 2.11. The summed E-state index contributed by atoms with van der Waals surface area (Å²) < 4.78 is 0. The van der Waals surface area contributed by atoms with Crippen molar-refractivity contribution >= 4 is 0 Å². The minimum Gasteiger partial charge on any atom is -0.310 e. The summed E-state index contributed by atoms with van der Waals surface area (Å²) >= 11 is 0. The lowest BCUT2D eigenvalue weighted by atomic mass is 9.89. The fraction of sp³-hybridized carbons (Fsp3) is 0.500. The smallest absolute Gasteiger partial charge is 0.131 e. The Morgan fingerprint density at radius 2 is 2.06 bits per heavy atom. The van der Waals surface area contributed by atoms with E-state index in [9.17, 15) is 5.26 Å². The highest BCUT2D eigenvalue weighted by Crippen LogP contribution is 2.27. The zero-order valence-corrected chi connectivity index (χ0v) is 10.3. The maximum Gasteiger partial charge on any atom is 0.131 e. The van der Waals surface area contributed by atoms with Crippen molar-refractivity contribution in [2.75, 3.05) is 13.6 Å². The van der Waals surface area contributed by atoms with Crippen molar-refractivity contribution in [3.8, 4) is 6.07 Å². The molecule has 2 rings (SSSR count). The van der Waals surface area contributed by atoms with Crippen LogP contribution in [0.15, 0.2) is 30.3 Å². The molecule has 0 bridgehead atoms. The first-order valence-electron chi connectivity index (χ1n) is 6.11. The molecule has 1 atom stereocenters. The predicted octanol–water partition coefficient (Wildman–Crippen LogP) is 1.85. The first-order chi connectivity index (χ1) is 8.15. The Labute approximate surface area is 103 Å². The van der Waals surface area contributed by atoms with Gasteiger partial charge >= 0.3 is 0 Å². The molecule has 1 fully saturated rings. The lowest BCUT2D eigenvalue weighted by Gasteiger charge is -2.25. The first-order valence-corrected chi connectivity index (χ1v) is 6.11. The van der Waals surface area contributed by atoms with Crippen LogP contribution in [-0.2, 0) is 5.54 Å². The Bertz CT molecular complexity index is 405. The van der Waals surface area contributed by atoms with Gasteiger partial charge in [-0.05, 0) is 31.9 Å². The van der Waals surface area contributed by atoms with Crippen LogP contribution in [0.25, 0.3) is 0 Å². The van der Waals surface area contributed by atoms with Crippen LogP contribution >= 0.6 is 0 Å². The molecule has 0 radical (unpaired) electrons. The Kier molecular flexibility index (Phi) is 3.46. The lowest BCUT2D eigenvalue weighted by molar-refractivity contribution is 0.294. The van der Waals surface area contributed by atoms with Gasteiger partial charge in [-0.25, -0.2) is 0 Å². The number of benzene rings is 1. The van der Waals surface area contributed by atoms with Crippen LogP contribution in [0.3, 0.4) is 0 Å². The molecule has 3 nitrogen and oxygen atoms in total. The summed E-state index contributed by atoms with van der Waals surface area (Å²) in [6.45, 7) is 0.879. The van der Waals surface area contributed by atoms with Crippen LogP contribution in [0.4, 0.5) is 0 Å². The molecule has 0 heterocycles. The van der Waals surface area contributed by atoms with E-state index in [4.69, 9.17) is 5.73 Å². The van der Waals surface area contributed by atoms with Gasteiger partial charge in [-0.3, -0.25) is 0 Å². The van der Waals surface area contributed by atoms with E-state index in [1.165, 1.54) is 12.8 Å². The highest BCUT2D eigenvalue weighted by atomic mass is 15.1. The van der Waals surface area contributed by atoms with Crippen molar-refractivity contribution < 1.29 is 0 Å². The maximum absolute atomic E-state index is 9.31. The van der Waals surface area contributed by atoms with E-state index < -0.39 is 5.54 Å². The van der Waals surface area contributed by atoms with Crippen molar-refractivity contribution in [2.45, 2.75) is 30.8 Å². The van der Waals surface area contributed by atoms with Crippen molar-refractivity contribution in [1.29, 1.82) is 5.26 Å². The molecule has 2 N–H and O–H groups in total. The van der Waals surface area contributed by atoms with E-state index in [2.05, 4.69) is 18.0 Å². The second-order valence-corrected chi connectivity index (χ2v) is 4.91. The number of nitrogens with two attached hydrogens (primary N) is 1. The van der Waals surface area contributed by atoms with Crippen LogP contribution in [0.2, 0.25) is 0 Å². The van der Waals surface area contributed by atoms with Gasteiger partial charge in [-0.15, -0.1) is 0 Å². The third kappa shape index (κ3) is 2.85. The molecule has 0 amide bonds. The molecule has 90 valence electrons. The van der Waals surface area contributed by atoms with Crippen molar-refractivity contribution in [2.24, 2.45) is 5.73 Å². The number of nitrogens with zero attached hydrogens (tertiary/aromatic N) is 2. The van der Waals surface area contributed by atoms with Crippen LogP contribution in [0.5, 0.6) is 0 Å². The van der Waals surface area contributed by atoms with E-state index in [0.717, 1.165) is 12.1 Å². The summed E-state index contributed by atoms with van der Waals surface area (Å²) in [5, 5.41) is 9.31. The van der Waals surface area contributed by atoms with E-state index in [1.54, 1.807) is 0 Å². The SMILES string of the molecule is CN(CCC(N)(C#N)c1ccccc1)C1CC1. The van der Waals surface area contributed by atoms with E-state index in [-0.39, 0.29) is 0 Å². The normalized spacial score (nSPS) is 18.7. The summed E-state index contributed by atoms with van der Waals surface area (Å²) in [5.74, 6) is 0. The molecule has 0 saturated heterocycles. The van der Waals surface area contributed by atoms with Crippen LogP contribution in [-0.4, -0.2) is 24.5 Å². The lowest BCUT2D eigenvalue weighted by Crippen LogP contribution is -2.39. The fourth-order valence-electron chi connectivity index (χ4n) is 2.05. The minimum atomic E-state index is -0.857. The largest absolute Gasteiger partial charge is 0.310 e. The molecule has 1 aliphatic carbocycles. The second kappa shape index (κ2) is 4.87. The summed E-state index contributed by atoms with van der Waals surface area (Å²) in [6, 6.07) is 12.6. The molecule has 1 saturated carbocycles.